The lowest BCUT2D eigenvalue weighted by atomic mass is 9.79. The molecular formula is C34H35ClO3. The Morgan fingerprint density at radius 3 is 2.18 bits per heavy atom. The summed E-state index contributed by atoms with van der Waals surface area (Å²) in [6.07, 6.45) is 2.98. The van der Waals surface area contributed by atoms with Gasteiger partial charge in [-0.3, -0.25) is 0 Å². The zero-order chi connectivity index (χ0) is 26.5. The summed E-state index contributed by atoms with van der Waals surface area (Å²) in [6.45, 7) is 7.95. The Morgan fingerprint density at radius 1 is 0.868 bits per heavy atom. The van der Waals surface area contributed by atoms with Crippen molar-refractivity contribution < 1.29 is 14.2 Å². The standard InChI is InChI=1S/C28H32O3.C6H3Cl/c1-4-27-28(2,3)24-19-25(30-20-21-12-7-5-8-13-21)22(18-26(24)31-27)14-11-17-29-23-15-9-6-10-16-23;7-6-3-4-1-2-5(4)6/h5-10,12-13,15-16,18-19,27H,4,11,14,17,20H2,1-3H3;1-3H. The van der Waals surface area contributed by atoms with Crippen LogP contribution in [0, 0.1) is 10.4 Å². The van der Waals surface area contributed by atoms with Crippen molar-refractivity contribution in [1.29, 1.82) is 0 Å². The Balaban J connectivity index is 0.000000358. The SMILES string of the molecule is CCC1Oc2cc(CCCOc3ccccc3)c(OCc3ccccc3)cc2C1(C)C.Clc1cc2ccc1=2. The quantitative estimate of drug-likeness (QED) is 0.180. The van der Waals surface area contributed by atoms with E-state index in [2.05, 4.69) is 51.1 Å². The molecule has 6 rings (SSSR count). The number of aryl methyl sites for hydroxylation is 1. The van der Waals surface area contributed by atoms with E-state index in [1.807, 2.05) is 60.7 Å². The maximum Gasteiger partial charge on any atom is 0.124 e. The lowest BCUT2D eigenvalue weighted by molar-refractivity contribution is 0.161. The molecule has 3 aromatic rings. The van der Waals surface area contributed by atoms with Gasteiger partial charge in [-0.2, -0.15) is 0 Å². The first-order valence-corrected chi connectivity index (χ1v) is 13.8. The van der Waals surface area contributed by atoms with E-state index in [9.17, 15) is 0 Å². The van der Waals surface area contributed by atoms with Crippen molar-refractivity contribution in [2.75, 3.05) is 6.61 Å². The minimum absolute atomic E-state index is 0.0239. The van der Waals surface area contributed by atoms with Gasteiger partial charge in [-0.15, -0.1) is 0 Å². The summed E-state index contributed by atoms with van der Waals surface area (Å²) in [5, 5.41) is 3.46. The molecule has 38 heavy (non-hydrogen) atoms. The Bertz CT molecular complexity index is 1470. The van der Waals surface area contributed by atoms with Crippen LogP contribution in [0.2, 0.25) is 5.02 Å². The van der Waals surface area contributed by atoms with E-state index < -0.39 is 0 Å². The van der Waals surface area contributed by atoms with E-state index in [1.165, 1.54) is 27.1 Å². The molecule has 0 N–H and O–H groups in total. The topological polar surface area (TPSA) is 27.7 Å². The maximum absolute atomic E-state index is 6.33. The van der Waals surface area contributed by atoms with Gasteiger partial charge in [0.25, 0.3) is 0 Å². The van der Waals surface area contributed by atoms with Crippen LogP contribution in [-0.2, 0) is 18.4 Å². The van der Waals surface area contributed by atoms with Crippen molar-refractivity contribution in [3.63, 3.8) is 0 Å². The molecule has 0 saturated carbocycles. The van der Waals surface area contributed by atoms with Crippen molar-refractivity contribution >= 4 is 11.6 Å². The summed E-state index contributed by atoms with van der Waals surface area (Å²) in [6, 6.07) is 30.7. The van der Waals surface area contributed by atoms with Crippen molar-refractivity contribution in [1.82, 2.24) is 0 Å². The Hall–Kier alpha value is -3.43. The van der Waals surface area contributed by atoms with Gasteiger partial charge in [-0.1, -0.05) is 93.0 Å². The summed E-state index contributed by atoms with van der Waals surface area (Å²) in [4.78, 5) is 0. The first kappa shape index (κ1) is 26.2. The molecule has 3 aromatic carbocycles. The Kier molecular flexibility index (Phi) is 7.95. The molecule has 0 spiro atoms. The second-order valence-electron chi connectivity index (χ2n) is 10.4. The molecule has 4 heteroatoms. The number of para-hydroxylation sites is 1. The first-order chi connectivity index (χ1) is 18.5. The molecule has 3 aliphatic rings. The Morgan fingerprint density at radius 2 is 1.61 bits per heavy atom. The molecule has 196 valence electrons. The monoisotopic (exact) mass is 526 g/mol. The number of rotatable bonds is 9. The van der Waals surface area contributed by atoms with Crippen LogP contribution < -0.4 is 14.2 Å². The first-order valence-electron chi connectivity index (χ1n) is 13.4. The highest BCUT2D eigenvalue weighted by molar-refractivity contribution is 6.31. The van der Waals surface area contributed by atoms with Crippen molar-refractivity contribution in [2.45, 2.75) is 58.2 Å². The summed E-state index contributed by atoms with van der Waals surface area (Å²) in [5.41, 5.74) is 3.57. The van der Waals surface area contributed by atoms with Gasteiger partial charge in [0.15, 0.2) is 0 Å². The average Bonchev–Trinajstić information content (AvgIpc) is 3.18. The molecule has 2 aliphatic carbocycles. The Labute approximate surface area is 230 Å². The number of benzene rings is 4. The molecule has 1 heterocycles. The second kappa shape index (κ2) is 11.5. The predicted molar refractivity (Wildman–Crippen MR) is 154 cm³/mol. The zero-order valence-corrected chi connectivity index (χ0v) is 23.1. The summed E-state index contributed by atoms with van der Waals surface area (Å²) < 4.78 is 18.5. The fraction of sp³-hybridized carbons (Fsp3) is 0.294. The fourth-order valence-corrected chi connectivity index (χ4v) is 5.34. The minimum Gasteiger partial charge on any atom is -0.494 e. The van der Waals surface area contributed by atoms with Crippen LogP contribution in [0.5, 0.6) is 17.2 Å². The normalized spacial score (nSPS) is 15.5. The molecule has 0 fully saturated rings. The number of ether oxygens (including phenoxy) is 3. The third-order valence-corrected chi connectivity index (χ3v) is 7.73. The zero-order valence-electron chi connectivity index (χ0n) is 22.4. The van der Waals surface area contributed by atoms with E-state index in [0.29, 0.717) is 13.2 Å². The van der Waals surface area contributed by atoms with Gasteiger partial charge in [0, 0.05) is 21.2 Å². The van der Waals surface area contributed by atoms with E-state index >= 15 is 0 Å². The van der Waals surface area contributed by atoms with Crippen LogP contribution in [0.25, 0.3) is 0 Å². The highest BCUT2D eigenvalue weighted by Crippen LogP contribution is 2.46. The molecule has 1 aliphatic heterocycles. The van der Waals surface area contributed by atoms with Gasteiger partial charge >= 0.3 is 0 Å². The van der Waals surface area contributed by atoms with Crippen LogP contribution in [0.3, 0.4) is 0 Å². The smallest absolute Gasteiger partial charge is 0.124 e. The van der Waals surface area contributed by atoms with E-state index in [-0.39, 0.29) is 11.5 Å². The van der Waals surface area contributed by atoms with Gasteiger partial charge in [-0.25, -0.2) is 0 Å². The van der Waals surface area contributed by atoms with Crippen molar-refractivity contribution in [3.8, 4) is 17.2 Å². The van der Waals surface area contributed by atoms with Crippen LogP contribution in [0.4, 0.5) is 0 Å². The van der Waals surface area contributed by atoms with Crippen LogP contribution in [0.1, 0.15) is 50.3 Å². The molecule has 0 amide bonds. The highest BCUT2D eigenvalue weighted by Gasteiger charge is 2.41. The summed E-state index contributed by atoms with van der Waals surface area (Å²) in [7, 11) is 0. The maximum atomic E-state index is 6.33. The highest BCUT2D eigenvalue weighted by atomic mass is 35.5. The second-order valence-corrected chi connectivity index (χ2v) is 10.8. The molecule has 1 unspecified atom stereocenters. The molecule has 1 atom stereocenters. The van der Waals surface area contributed by atoms with E-state index in [4.69, 9.17) is 25.8 Å². The average molecular weight is 527 g/mol. The van der Waals surface area contributed by atoms with E-state index in [1.54, 1.807) is 0 Å². The third-order valence-electron chi connectivity index (χ3n) is 7.42. The van der Waals surface area contributed by atoms with Gasteiger partial charge < -0.3 is 14.2 Å². The van der Waals surface area contributed by atoms with Gasteiger partial charge in [0.05, 0.1) is 6.61 Å². The predicted octanol–water partition coefficient (Wildman–Crippen LogP) is 8.67. The lowest BCUT2D eigenvalue weighted by Crippen LogP contribution is -2.31. The number of hydrogen-bond acceptors (Lipinski definition) is 3. The van der Waals surface area contributed by atoms with Crippen molar-refractivity contribution in [3.05, 3.63) is 123 Å². The molecular weight excluding hydrogens is 492 g/mol. The van der Waals surface area contributed by atoms with Crippen LogP contribution in [-0.4, -0.2) is 12.7 Å². The summed E-state index contributed by atoms with van der Waals surface area (Å²) in [5.74, 6) is 2.87. The molecule has 0 saturated heterocycles. The number of fused-ring (bicyclic) bond motifs is 1. The van der Waals surface area contributed by atoms with E-state index in [0.717, 1.165) is 41.5 Å². The number of halogens is 1. The summed E-state index contributed by atoms with van der Waals surface area (Å²) >= 11 is 5.60. The van der Waals surface area contributed by atoms with Gasteiger partial charge in [-0.05, 0) is 65.9 Å². The van der Waals surface area contributed by atoms with Crippen LogP contribution in [0.15, 0.2) is 91.0 Å². The van der Waals surface area contributed by atoms with Gasteiger partial charge in [0.2, 0.25) is 0 Å². The molecule has 3 nitrogen and oxygen atoms in total. The fourth-order valence-electron chi connectivity index (χ4n) is 5.05. The minimum atomic E-state index is -0.0239. The van der Waals surface area contributed by atoms with Crippen molar-refractivity contribution in [2.24, 2.45) is 0 Å². The van der Waals surface area contributed by atoms with Crippen LogP contribution >= 0.6 is 11.6 Å². The number of hydrogen-bond donors (Lipinski definition) is 0. The van der Waals surface area contributed by atoms with Gasteiger partial charge in [0.1, 0.15) is 30.0 Å². The molecule has 0 aromatic heterocycles. The molecule has 0 radical (unpaired) electrons. The third kappa shape index (κ3) is 5.68. The lowest BCUT2D eigenvalue weighted by Gasteiger charge is -2.25. The molecule has 0 bridgehead atoms. The largest absolute Gasteiger partial charge is 0.494 e.